The quantitative estimate of drug-likeness (QED) is 0.377. The Morgan fingerprint density at radius 3 is 2.26 bits per heavy atom. The topological polar surface area (TPSA) is 118 Å². The highest BCUT2D eigenvalue weighted by Gasteiger charge is 2.31. The molecule has 0 spiro atoms. The van der Waals surface area contributed by atoms with Gasteiger partial charge in [0.1, 0.15) is 17.9 Å². The summed E-state index contributed by atoms with van der Waals surface area (Å²) >= 11 is 0. The van der Waals surface area contributed by atoms with Crippen molar-refractivity contribution in [3.05, 3.63) is 59.8 Å². The maximum Gasteiger partial charge on any atom is 0.357 e. The van der Waals surface area contributed by atoms with Crippen LogP contribution in [0.15, 0.2) is 48.5 Å². The van der Waals surface area contributed by atoms with E-state index in [0.29, 0.717) is 29.3 Å². The van der Waals surface area contributed by atoms with Gasteiger partial charge in [-0.05, 0) is 30.3 Å². The molecular formula is C24H25N3O7. The van der Waals surface area contributed by atoms with E-state index in [2.05, 4.69) is 10.4 Å². The highest BCUT2D eigenvalue weighted by atomic mass is 16.5. The van der Waals surface area contributed by atoms with E-state index in [0.717, 1.165) is 0 Å². The van der Waals surface area contributed by atoms with E-state index in [9.17, 15) is 14.4 Å². The van der Waals surface area contributed by atoms with Gasteiger partial charge in [0, 0.05) is 12.5 Å². The fourth-order valence-electron chi connectivity index (χ4n) is 3.28. The number of carbonyl (C=O) groups is 3. The summed E-state index contributed by atoms with van der Waals surface area (Å²) in [5.74, 6) is -0.825. The zero-order valence-corrected chi connectivity index (χ0v) is 19.3. The van der Waals surface area contributed by atoms with Gasteiger partial charge in [-0.25, -0.2) is 14.3 Å². The zero-order chi connectivity index (χ0) is 24.7. The summed E-state index contributed by atoms with van der Waals surface area (Å²) in [7, 11) is 3.92. The molecule has 10 heteroatoms. The van der Waals surface area contributed by atoms with E-state index in [-0.39, 0.29) is 29.5 Å². The number of aromatic nitrogens is 2. The van der Waals surface area contributed by atoms with Crippen molar-refractivity contribution in [3.63, 3.8) is 0 Å². The Morgan fingerprint density at radius 1 is 0.941 bits per heavy atom. The standard InChI is InChI=1S/C24H25N3O7/c1-15(28)25-12-13-34-18-11-10-16(14-19(18)31-2)21-20(23(29)32-3)22(24(30)33-4)27(26-21)17-8-6-5-7-9-17/h5-11,14H,12-13H2,1-4H3,(H,25,28). The summed E-state index contributed by atoms with van der Waals surface area (Å²) in [6, 6.07) is 13.9. The number of amides is 1. The second-order valence-electron chi connectivity index (χ2n) is 7.00. The number of carbonyl (C=O) groups excluding carboxylic acids is 3. The van der Waals surface area contributed by atoms with E-state index in [1.165, 1.54) is 32.9 Å². The van der Waals surface area contributed by atoms with Crippen molar-refractivity contribution in [2.45, 2.75) is 6.92 Å². The van der Waals surface area contributed by atoms with Crippen LogP contribution in [0.1, 0.15) is 27.8 Å². The van der Waals surface area contributed by atoms with Crippen molar-refractivity contribution in [2.24, 2.45) is 0 Å². The molecule has 0 saturated heterocycles. The van der Waals surface area contributed by atoms with Gasteiger partial charge in [0.2, 0.25) is 5.91 Å². The van der Waals surface area contributed by atoms with Gasteiger partial charge in [-0.2, -0.15) is 5.10 Å². The molecule has 178 valence electrons. The van der Waals surface area contributed by atoms with Gasteiger partial charge in [-0.3, -0.25) is 4.79 Å². The van der Waals surface area contributed by atoms with Crippen LogP contribution in [0.25, 0.3) is 16.9 Å². The largest absolute Gasteiger partial charge is 0.493 e. The maximum absolute atomic E-state index is 12.8. The Morgan fingerprint density at radius 2 is 1.65 bits per heavy atom. The molecule has 0 aliphatic carbocycles. The van der Waals surface area contributed by atoms with Gasteiger partial charge in [0.05, 0.1) is 33.6 Å². The van der Waals surface area contributed by atoms with Crippen LogP contribution in [0, 0.1) is 0 Å². The van der Waals surface area contributed by atoms with E-state index >= 15 is 0 Å². The zero-order valence-electron chi connectivity index (χ0n) is 19.3. The van der Waals surface area contributed by atoms with Crippen molar-refractivity contribution in [1.82, 2.24) is 15.1 Å². The molecule has 34 heavy (non-hydrogen) atoms. The highest BCUT2D eigenvalue weighted by Crippen LogP contribution is 2.35. The Balaban J connectivity index is 2.11. The molecule has 1 amide bonds. The van der Waals surface area contributed by atoms with Crippen LogP contribution >= 0.6 is 0 Å². The number of nitrogens with zero attached hydrogens (tertiary/aromatic N) is 2. The van der Waals surface area contributed by atoms with Crippen molar-refractivity contribution < 1.29 is 33.3 Å². The smallest absolute Gasteiger partial charge is 0.357 e. The molecule has 0 fully saturated rings. The Hall–Kier alpha value is -4.34. The normalized spacial score (nSPS) is 10.4. The minimum absolute atomic E-state index is 0.0421. The third-order valence-corrected chi connectivity index (χ3v) is 4.83. The predicted octanol–water partition coefficient (Wildman–Crippen LogP) is 2.64. The van der Waals surface area contributed by atoms with Gasteiger partial charge in [0.15, 0.2) is 17.2 Å². The molecule has 1 N–H and O–H groups in total. The lowest BCUT2D eigenvalue weighted by molar-refractivity contribution is -0.119. The van der Waals surface area contributed by atoms with Crippen molar-refractivity contribution in [1.29, 1.82) is 0 Å². The molecule has 0 bridgehead atoms. The summed E-state index contributed by atoms with van der Waals surface area (Å²) < 4.78 is 22.4. The fourth-order valence-corrected chi connectivity index (χ4v) is 3.28. The lowest BCUT2D eigenvalue weighted by atomic mass is 10.0. The van der Waals surface area contributed by atoms with Crippen LogP contribution in [0.4, 0.5) is 0 Å². The lowest BCUT2D eigenvalue weighted by Gasteiger charge is -2.12. The first-order chi connectivity index (χ1) is 16.4. The van der Waals surface area contributed by atoms with Crippen LogP contribution in [0.5, 0.6) is 11.5 Å². The van der Waals surface area contributed by atoms with E-state index in [1.54, 1.807) is 42.5 Å². The molecule has 1 heterocycles. The molecule has 10 nitrogen and oxygen atoms in total. The molecule has 0 aliphatic heterocycles. The Bertz CT molecular complexity index is 1190. The number of benzene rings is 2. The SMILES string of the molecule is COC(=O)c1c(-c2ccc(OCCNC(C)=O)c(OC)c2)nn(-c2ccccc2)c1C(=O)OC. The minimum Gasteiger partial charge on any atom is -0.493 e. The molecule has 0 radical (unpaired) electrons. The molecule has 2 aromatic carbocycles. The Kier molecular flexibility index (Phi) is 7.86. The number of para-hydroxylation sites is 1. The van der Waals surface area contributed by atoms with Gasteiger partial charge < -0.3 is 24.3 Å². The number of esters is 2. The molecule has 0 saturated carbocycles. The van der Waals surface area contributed by atoms with Gasteiger partial charge in [0.25, 0.3) is 0 Å². The molecule has 3 rings (SSSR count). The number of hydrogen-bond acceptors (Lipinski definition) is 8. The summed E-state index contributed by atoms with van der Waals surface area (Å²) in [6.45, 7) is 1.99. The van der Waals surface area contributed by atoms with E-state index in [4.69, 9.17) is 18.9 Å². The summed E-state index contributed by atoms with van der Waals surface area (Å²) in [5.41, 5.74) is 1.15. The first kappa shape index (κ1) is 24.3. The van der Waals surface area contributed by atoms with Crippen molar-refractivity contribution in [2.75, 3.05) is 34.5 Å². The number of methoxy groups -OCH3 is 3. The number of nitrogens with one attached hydrogen (secondary N) is 1. The molecule has 0 unspecified atom stereocenters. The molecule has 3 aromatic rings. The van der Waals surface area contributed by atoms with Gasteiger partial charge >= 0.3 is 11.9 Å². The average Bonchev–Trinajstić information content (AvgIpc) is 3.26. The predicted molar refractivity (Wildman–Crippen MR) is 122 cm³/mol. The second-order valence-corrected chi connectivity index (χ2v) is 7.00. The second kappa shape index (κ2) is 11.0. The lowest BCUT2D eigenvalue weighted by Crippen LogP contribution is -2.25. The van der Waals surface area contributed by atoms with E-state index in [1.807, 2.05) is 6.07 Å². The molecule has 0 atom stereocenters. The summed E-state index contributed by atoms with van der Waals surface area (Å²) in [5, 5.41) is 7.20. The third-order valence-electron chi connectivity index (χ3n) is 4.83. The summed E-state index contributed by atoms with van der Waals surface area (Å²) in [4.78, 5) is 36.5. The van der Waals surface area contributed by atoms with Crippen LogP contribution < -0.4 is 14.8 Å². The van der Waals surface area contributed by atoms with Crippen LogP contribution in [0.2, 0.25) is 0 Å². The average molecular weight is 467 g/mol. The molecule has 0 aliphatic rings. The highest BCUT2D eigenvalue weighted by molar-refractivity contribution is 6.06. The van der Waals surface area contributed by atoms with Crippen LogP contribution in [-0.2, 0) is 14.3 Å². The van der Waals surface area contributed by atoms with Crippen molar-refractivity contribution in [3.8, 4) is 28.4 Å². The number of ether oxygens (including phenoxy) is 4. The monoisotopic (exact) mass is 467 g/mol. The number of hydrogen-bond donors (Lipinski definition) is 1. The third kappa shape index (κ3) is 5.17. The fraction of sp³-hybridized carbons (Fsp3) is 0.250. The van der Waals surface area contributed by atoms with Crippen LogP contribution in [-0.4, -0.2) is 62.1 Å². The first-order valence-electron chi connectivity index (χ1n) is 10.3. The molecular weight excluding hydrogens is 442 g/mol. The summed E-state index contributed by atoms with van der Waals surface area (Å²) in [6.07, 6.45) is 0. The minimum atomic E-state index is -0.743. The van der Waals surface area contributed by atoms with Crippen LogP contribution in [0.3, 0.4) is 0 Å². The van der Waals surface area contributed by atoms with Gasteiger partial charge in [-0.15, -0.1) is 0 Å². The number of rotatable bonds is 9. The first-order valence-corrected chi connectivity index (χ1v) is 10.3. The Labute approximate surface area is 196 Å². The molecule has 1 aromatic heterocycles. The van der Waals surface area contributed by atoms with E-state index < -0.39 is 11.9 Å². The van der Waals surface area contributed by atoms with Gasteiger partial charge in [-0.1, -0.05) is 18.2 Å². The van der Waals surface area contributed by atoms with Crippen molar-refractivity contribution >= 4 is 17.8 Å². The maximum atomic E-state index is 12.8.